The van der Waals surface area contributed by atoms with Crippen LogP contribution in [0.1, 0.15) is 18.4 Å². The molecule has 0 spiro atoms. The summed E-state index contributed by atoms with van der Waals surface area (Å²) in [6.45, 7) is 3.71. The minimum atomic E-state index is 1.14. The van der Waals surface area contributed by atoms with E-state index < -0.39 is 0 Å². The summed E-state index contributed by atoms with van der Waals surface area (Å²) < 4.78 is 0. The van der Waals surface area contributed by atoms with Crippen molar-refractivity contribution < 1.29 is 0 Å². The van der Waals surface area contributed by atoms with Crippen LogP contribution in [0.15, 0.2) is 30.3 Å². The van der Waals surface area contributed by atoms with E-state index in [1.165, 1.54) is 38.5 Å². The fraction of sp³-hybridized carbons (Fsp3) is 0.500. The van der Waals surface area contributed by atoms with Crippen LogP contribution in [-0.4, -0.2) is 25.0 Å². The summed E-state index contributed by atoms with van der Waals surface area (Å²) >= 11 is 0. The van der Waals surface area contributed by atoms with Gasteiger partial charge in [0.2, 0.25) is 0 Å². The molecule has 1 saturated heterocycles. The van der Waals surface area contributed by atoms with Gasteiger partial charge >= 0.3 is 0 Å². The standard InChI is InChI=1S/C11H15N.CH5N/c1-2-6-11(7-3-1)10-12-8-4-5-9-12;1-2/h1-3,6-7H,4-5,8-10H2;2H2,1H3. The molecule has 1 aromatic rings. The van der Waals surface area contributed by atoms with Crippen LogP contribution in [0.2, 0.25) is 0 Å². The number of hydrogen-bond donors (Lipinski definition) is 1. The molecule has 0 atom stereocenters. The van der Waals surface area contributed by atoms with Crippen LogP contribution < -0.4 is 5.73 Å². The second-order valence-corrected chi connectivity index (χ2v) is 3.47. The highest BCUT2D eigenvalue weighted by molar-refractivity contribution is 5.14. The first-order valence-electron chi connectivity index (χ1n) is 5.29. The number of nitrogens with two attached hydrogens (primary N) is 1. The van der Waals surface area contributed by atoms with Crippen molar-refractivity contribution in [1.82, 2.24) is 4.90 Å². The third-order valence-corrected chi connectivity index (χ3v) is 2.45. The molecule has 1 aromatic carbocycles. The molecular formula is C12H20N2. The number of nitrogens with zero attached hydrogens (tertiary/aromatic N) is 1. The van der Waals surface area contributed by atoms with Crippen molar-refractivity contribution >= 4 is 0 Å². The van der Waals surface area contributed by atoms with E-state index in [1.807, 2.05) is 0 Å². The summed E-state index contributed by atoms with van der Waals surface area (Å²) in [6.07, 6.45) is 2.76. The Bertz CT molecular complexity index is 227. The van der Waals surface area contributed by atoms with Gasteiger partial charge in [-0.25, -0.2) is 0 Å². The van der Waals surface area contributed by atoms with E-state index in [9.17, 15) is 0 Å². The highest BCUT2D eigenvalue weighted by Gasteiger charge is 2.10. The predicted molar refractivity (Wildman–Crippen MR) is 61.1 cm³/mol. The highest BCUT2D eigenvalue weighted by Crippen LogP contribution is 2.11. The third kappa shape index (κ3) is 3.48. The van der Waals surface area contributed by atoms with Crippen molar-refractivity contribution in [2.24, 2.45) is 5.73 Å². The fourth-order valence-corrected chi connectivity index (χ4v) is 1.78. The van der Waals surface area contributed by atoms with Crippen LogP contribution >= 0.6 is 0 Å². The van der Waals surface area contributed by atoms with Gasteiger partial charge in [0.15, 0.2) is 0 Å². The number of likely N-dealkylation sites (tertiary alicyclic amines) is 1. The lowest BCUT2D eigenvalue weighted by atomic mass is 10.2. The van der Waals surface area contributed by atoms with E-state index in [2.05, 4.69) is 41.0 Å². The van der Waals surface area contributed by atoms with Gasteiger partial charge in [-0.05, 0) is 38.5 Å². The quantitative estimate of drug-likeness (QED) is 0.775. The smallest absolute Gasteiger partial charge is 0.0233 e. The van der Waals surface area contributed by atoms with E-state index in [4.69, 9.17) is 0 Å². The predicted octanol–water partition coefficient (Wildman–Crippen LogP) is 1.86. The van der Waals surface area contributed by atoms with Crippen LogP contribution in [0.4, 0.5) is 0 Å². The van der Waals surface area contributed by atoms with E-state index in [0.29, 0.717) is 0 Å². The summed E-state index contributed by atoms with van der Waals surface area (Å²) in [4.78, 5) is 2.52. The fourth-order valence-electron chi connectivity index (χ4n) is 1.78. The normalized spacial score (nSPS) is 16.1. The Morgan fingerprint density at radius 3 is 2.21 bits per heavy atom. The Kier molecular flexibility index (Phi) is 5.27. The molecule has 1 aliphatic rings. The first kappa shape index (κ1) is 11.2. The van der Waals surface area contributed by atoms with Gasteiger partial charge in [0.1, 0.15) is 0 Å². The molecule has 2 N–H and O–H groups in total. The molecule has 1 aliphatic heterocycles. The molecule has 14 heavy (non-hydrogen) atoms. The second kappa shape index (κ2) is 6.57. The summed E-state index contributed by atoms with van der Waals surface area (Å²) in [6, 6.07) is 10.7. The Morgan fingerprint density at radius 1 is 1.07 bits per heavy atom. The summed E-state index contributed by atoms with van der Waals surface area (Å²) in [5.74, 6) is 0. The van der Waals surface area contributed by atoms with Gasteiger partial charge in [-0.3, -0.25) is 4.90 Å². The Hall–Kier alpha value is -0.860. The second-order valence-electron chi connectivity index (χ2n) is 3.47. The lowest BCUT2D eigenvalue weighted by molar-refractivity contribution is 0.331. The van der Waals surface area contributed by atoms with Crippen LogP contribution in [0.5, 0.6) is 0 Å². The Balaban J connectivity index is 0.000000461. The molecule has 0 aromatic heterocycles. The number of benzene rings is 1. The first-order chi connectivity index (χ1) is 6.95. The molecule has 0 amide bonds. The highest BCUT2D eigenvalue weighted by atomic mass is 15.1. The van der Waals surface area contributed by atoms with Crippen molar-refractivity contribution in [1.29, 1.82) is 0 Å². The van der Waals surface area contributed by atoms with Gasteiger partial charge in [0.25, 0.3) is 0 Å². The molecule has 1 fully saturated rings. The van der Waals surface area contributed by atoms with Gasteiger partial charge < -0.3 is 5.73 Å². The zero-order valence-corrected chi connectivity index (χ0v) is 8.95. The lowest BCUT2D eigenvalue weighted by Crippen LogP contribution is -2.18. The minimum absolute atomic E-state index is 1.14. The van der Waals surface area contributed by atoms with Crippen LogP contribution in [-0.2, 0) is 6.54 Å². The van der Waals surface area contributed by atoms with Crippen LogP contribution in [0, 0.1) is 0 Å². The average molecular weight is 192 g/mol. The maximum atomic E-state index is 4.50. The van der Waals surface area contributed by atoms with Crippen LogP contribution in [0.25, 0.3) is 0 Å². The summed E-state index contributed by atoms with van der Waals surface area (Å²) in [7, 11) is 1.50. The molecule has 0 bridgehead atoms. The number of hydrogen-bond acceptors (Lipinski definition) is 2. The van der Waals surface area contributed by atoms with Crippen molar-refractivity contribution in [2.45, 2.75) is 19.4 Å². The maximum Gasteiger partial charge on any atom is 0.0233 e. The Morgan fingerprint density at radius 2 is 1.64 bits per heavy atom. The van der Waals surface area contributed by atoms with Gasteiger partial charge in [0.05, 0.1) is 0 Å². The minimum Gasteiger partial charge on any atom is -0.333 e. The molecule has 0 unspecified atom stereocenters. The summed E-state index contributed by atoms with van der Waals surface area (Å²) in [5.41, 5.74) is 5.94. The molecule has 0 radical (unpaired) electrons. The van der Waals surface area contributed by atoms with Crippen molar-refractivity contribution in [3.05, 3.63) is 35.9 Å². The van der Waals surface area contributed by atoms with Crippen molar-refractivity contribution in [3.63, 3.8) is 0 Å². The SMILES string of the molecule is CN.c1ccc(CN2CCCC2)cc1. The zero-order valence-electron chi connectivity index (χ0n) is 8.95. The molecule has 2 rings (SSSR count). The van der Waals surface area contributed by atoms with E-state index in [-0.39, 0.29) is 0 Å². The van der Waals surface area contributed by atoms with Gasteiger partial charge in [0, 0.05) is 6.54 Å². The van der Waals surface area contributed by atoms with Crippen molar-refractivity contribution in [2.75, 3.05) is 20.1 Å². The number of rotatable bonds is 2. The lowest BCUT2D eigenvalue weighted by Gasteiger charge is -2.13. The van der Waals surface area contributed by atoms with Gasteiger partial charge in [-0.2, -0.15) is 0 Å². The topological polar surface area (TPSA) is 29.3 Å². The monoisotopic (exact) mass is 192 g/mol. The third-order valence-electron chi connectivity index (χ3n) is 2.45. The first-order valence-corrected chi connectivity index (χ1v) is 5.29. The molecule has 78 valence electrons. The summed E-state index contributed by atoms with van der Waals surface area (Å²) in [5, 5.41) is 0. The molecular weight excluding hydrogens is 172 g/mol. The Labute approximate surface area is 86.7 Å². The largest absolute Gasteiger partial charge is 0.333 e. The van der Waals surface area contributed by atoms with Gasteiger partial charge in [-0.1, -0.05) is 30.3 Å². The molecule has 1 heterocycles. The van der Waals surface area contributed by atoms with Crippen molar-refractivity contribution in [3.8, 4) is 0 Å². The molecule has 0 aliphatic carbocycles. The molecule has 0 saturated carbocycles. The molecule has 2 nitrogen and oxygen atoms in total. The van der Waals surface area contributed by atoms with E-state index in [0.717, 1.165) is 6.54 Å². The maximum absolute atomic E-state index is 4.50. The average Bonchev–Trinajstić information content (AvgIpc) is 2.75. The molecule has 2 heteroatoms. The van der Waals surface area contributed by atoms with Crippen LogP contribution in [0.3, 0.4) is 0 Å². The van der Waals surface area contributed by atoms with E-state index >= 15 is 0 Å². The van der Waals surface area contributed by atoms with E-state index in [1.54, 1.807) is 0 Å². The zero-order chi connectivity index (χ0) is 10.2. The van der Waals surface area contributed by atoms with Gasteiger partial charge in [-0.15, -0.1) is 0 Å².